The van der Waals surface area contributed by atoms with Crippen molar-refractivity contribution in [3.8, 4) is 0 Å². The molecule has 0 amide bonds. The van der Waals surface area contributed by atoms with Crippen LogP contribution in [0.25, 0.3) is 6.08 Å². The molecule has 1 rings (SSSR count). The summed E-state index contributed by atoms with van der Waals surface area (Å²) in [6.07, 6.45) is -2.50. The number of alkyl halides is 3. The molecule has 1 N–H and O–H groups in total. The maximum Gasteiger partial charge on any atom is 0.416 e. The van der Waals surface area contributed by atoms with Gasteiger partial charge in [-0.3, -0.25) is 0 Å². The van der Waals surface area contributed by atoms with E-state index in [0.29, 0.717) is 0 Å². The van der Waals surface area contributed by atoms with Crippen molar-refractivity contribution in [2.45, 2.75) is 13.1 Å². The Morgan fingerprint density at radius 2 is 2.00 bits per heavy atom. The van der Waals surface area contributed by atoms with E-state index in [2.05, 4.69) is 0 Å². The van der Waals surface area contributed by atoms with E-state index in [1.54, 1.807) is 0 Å². The Hall–Kier alpha value is -1.78. The summed E-state index contributed by atoms with van der Waals surface area (Å²) in [5.41, 5.74) is -0.430. The van der Waals surface area contributed by atoms with Crippen molar-refractivity contribution < 1.29 is 23.1 Å². The van der Waals surface area contributed by atoms with Gasteiger partial charge in [0.05, 0.1) is 5.56 Å². The van der Waals surface area contributed by atoms with Crippen LogP contribution in [0.2, 0.25) is 0 Å². The molecule has 0 fully saturated rings. The van der Waals surface area contributed by atoms with Gasteiger partial charge in [0.2, 0.25) is 0 Å². The summed E-state index contributed by atoms with van der Waals surface area (Å²) in [4.78, 5) is 10.2. The van der Waals surface area contributed by atoms with Crippen LogP contribution in [0.5, 0.6) is 0 Å². The Kier molecular flexibility index (Phi) is 3.37. The second kappa shape index (κ2) is 4.38. The Morgan fingerprint density at radius 1 is 1.38 bits per heavy atom. The number of hydrogen-bond donors (Lipinski definition) is 1. The fourth-order valence-corrected chi connectivity index (χ4v) is 1.22. The second-order valence-electron chi connectivity index (χ2n) is 3.24. The molecular formula is C11H9F3O2. The van der Waals surface area contributed by atoms with Crippen molar-refractivity contribution in [3.63, 3.8) is 0 Å². The molecule has 2 nitrogen and oxygen atoms in total. The SMILES string of the molecule is Cc1ccc(/C=C\C(=O)O)cc1C(F)(F)F. The number of benzene rings is 1. The Morgan fingerprint density at radius 3 is 2.50 bits per heavy atom. The summed E-state index contributed by atoms with van der Waals surface area (Å²) in [6.45, 7) is 1.35. The number of carboxylic acids is 1. The van der Waals surface area contributed by atoms with E-state index in [0.717, 1.165) is 18.2 Å². The lowest BCUT2D eigenvalue weighted by Gasteiger charge is -2.10. The van der Waals surface area contributed by atoms with Crippen LogP contribution in [0.3, 0.4) is 0 Å². The van der Waals surface area contributed by atoms with Crippen LogP contribution < -0.4 is 0 Å². The second-order valence-corrected chi connectivity index (χ2v) is 3.24. The third-order valence-corrected chi connectivity index (χ3v) is 1.99. The van der Waals surface area contributed by atoms with E-state index in [9.17, 15) is 18.0 Å². The smallest absolute Gasteiger partial charge is 0.416 e. The van der Waals surface area contributed by atoms with Crippen LogP contribution in [-0.4, -0.2) is 11.1 Å². The molecule has 0 atom stereocenters. The van der Waals surface area contributed by atoms with Crippen LogP contribution in [0.1, 0.15) is 16.7 Å². The lowest BCUT2D eigenvalue weighted by atomic mass is 10.0. The summed E-state index contributed by atoms with van der Waals surface area (Å²) < 4.78 is 37.5. The van der Waals surface area contributed by atoms with Crippen molar-refractivity contribution in [3.05, 3.63) is 41.0 Å². The van der Waals surface area contributed by atoms with E-state index in [4.69, 9.17) is 5.11 Å². The van der Waals surface area contributed by atoms with Gasteiger partial charge in [-0.25, -0.2) is 4.79 Å². The summed E-state index contributed by atoms with van der Waals surface area (Å²) >= 11 is 0. The summed E-state index contributed by atoms with van der Waals surface area (Å²) in [7, 11) is 0. The molecule has 86 valence electrons. The Labute approximate surface area is 90.0 Å². The first kappa shape index (κ1) is 12.3. The lowest BCUT2D eigenvalue weighted by molar-refractivity contribution is -0.138. The normalized spacial score (nSPS) is 12.0. The molecule has 0 bridgehead atoms. The van der Waals surface area contributed by atoms with E-state index >= 15 is 0 Å². The molecule has 0 heterocycles. The van der Waals surface area contributed by atoms with Gasteiger partial charge in [-0.2, -0.15) is 13.2 Å². The molecule has 0 saturated carbocycles. The van der Waals surface area contributed by atoms with Crippen LogP contribution in [0, 0.1) is 6.92 Å². The molecule has 16 heavy (non-hydrogen) atoms. The average molecular weight is 230 g/mol. The van der Waals surface area contributed by atoms with Crippen molar-refractivity contribution in [1.82, 2.24) is 0 Å². The van der Waals surface area contributed by atoms with E-state index in [1.807, 2.05) is 0 Å². The van der Waals surface area contributed by atoms with E-state index < -0.39 is 17.7 Å². The molecule has 0 unspecified atom stereocenters. The van der Waals surface area contributed by atoms with Gasteiger partial charge < -0.3 is 5.11 Å². The fourth-order valence-electron chi connectivity index (χ4n) is 1.22. The Bertz CT molecular complexity index is 433. The highest BCUT2D eigenvalue weighted by molar-refractivity contribution is 5.85. The topological polar surface area (TPSA) is 37.3 Å². The quantitative estimate of drug-likeness (QED) is 0.792. The number of carboxylic acid groups (broad SMARTS) is 1. The van der Waals surface area contributed by atoms with Crippen LogP contribution in [0.15, 0.2) is 24.3 Å². The van der Waals surface area contributed by atoms with E-state index in [1.165, 1.54) is 19.1 Å². The molecule has 0 aliphatic rings. The van der Waals surface area contributed by atoms with Crippen molar-refractivity contribution in [2.24, 2.45) is 0 Å². The van der Waals surface area contributed by atoms with Crippen LogP contribution in [-0.2, 0) is 11.0 Å². The van der Waals surface area contributed by atoms with Crippen LogP contribution >= 0.6 is 0 Å². The largest absolute Gasteiger partial charge is 0.478 e. The third kappa shape index (κ3) is 3.12. The monoisotopic (exact) mass is 230 g/mol. The zero-order chi connectivity index (χ0) is 12.3. The van der Waals surface area contributed by atoms with E-state index in [-0.39, 0.29) is 11.1 Å². The van der Waals surface area contributed by atoms with Gasteiger partial charge in [0.15, 0.2) is 0 Å². The highest BCUT2D eigenvalue weighted by Crippen LogP contribution is 2.32. The highest BCUT2D eigenvalue weighted by atomic mass is 19.4. The lowest BCUT2D eigenvalue weighted by Crippen LogP contribution is -2.07. The molecule has 0 aliphatic carbocycles. The van der Waals surface area contributed by atoms with Crippen LogP contribution in [0.4, 0.5) is 13.2 Å². The van der Waals surface area contributed by atoms with Crippen molar-refractivity contribution in [2.75, 3.05) is 0 Å². The molecular weight excluding hydrogens is 221 g/mol. The minimum Gasteiger partial charge on any atom is -0.478 e. The van der Waals surface area contributed by atoms with Gasteiger partial charge in [-0.1, -0.05) is 12.1 Å². The molecule has 0 aromatic heterocycles. The highest BCUT2D eigenvalue weighted by Gasteiger charge is 2.32. The number of rotatable bonds is 2. The number of aliphatic carboxylic acids is 1. The van der Waals surface area contributed by atoms with Gasteiger partial charge in [0, 0.05) is 6.08 Å². The summed E-state index contributed by atoms with van der Waals surface area (Å²) in [6, 6.07) is 3.67. The first-order chi connectivity index (χ1) is 7.30. The first-order valence-electron chi connectivity index (χ1n) is 4.39. The predicted octanol–water partition coefficient (Wildman–Crippen LogP) is 3.11. The number of halogens is 3. The predicted molar refractivity (Wildman–Crippen MR) is 52.9 cm³/mol. The van der Waals surface area contributed by atoms with Gasteiger partial charge in [-0.05, 0) is 30.2 Å². The minimum atomic E-state index is -4.42. The number of hydrogen-bond acceptors (Lipinski definition) is 1. The van der Waals surface area contributed by atoms with Gasteiger partial charge >= 0.3 is 12.1 Å². The molecule has 0 saturated heterocycles. The van der Waals surface area contributed by atoms with Crippen molar-refractivity contribution >= 4 is 12.0 Å². The molecule has 0 aliphatic heterocycles. The molecule has 0 radical (unpaired) electrons. The zero-order valence-electron chi connectivity index (χ0n) is 8.38. The third-order valence-electron chi connectivity index (χ3n) is 1.99. The zero-order valence-corrected chi connectivity index (χ0v) is 8.38. The molecule has 1 aromatic carbocycles. The summed E-state index contributed by atoms with van der Waals surface area (Å²) in [5.74, 6) is -1.20. The molecule has 5 heteroatoms. The van der Waals surface area contributed by atoms with Gasteiger partial charge in [0.25, 0.3) is 0 Å². The minimum absolute atomic E-state index is 0.111. The van der Waals surface area contributed by atoms with Gasteiger partial charge in [0.1, 0.15) is 0 Å². The maximum atomic E-state index is 12.5. The number of carbonyl (C=O) groups is 1. The average Bonchev–Trinajstić information content (AvgIpc) is 2.14. The standard InChI is InChI=1S/C11H9F3O2/c1-7-2-3-8(4-5-10(15)16)6-9(7)11(12,13)14/h2-6H,1H3,(H,15,16)/b5-4-. The maximum absolute atomic E-state index is 12.5. The first-order valence-corrected chi connectivity index (χ1v) is 4.39. The molecule has 0 spiro atoms. The summed E-state index contributed by atoms with van der Waals surface area (Å²) in [5, 5.41) is 8.35. The van der Waals surface area contributed by atoms with Crippen molar-refractivity contribution in [1.29, 1.82) is 0 Å². The fraction of sp³-hybridized carbons (Fsp3) is 0.182. The Balaban J connectivity index is 3.13. The molecule has 1 aromatic rings. The number of aryl methyl sites for hydroxylation is 1. The van der Waals surface area contributed by atoms with Gasteiger partial charge in [-0.15, -0.1) is 0 Å².